The number of aliphatic carboxylic acids is 1. The number of hydrogen-bond acceptors (Lipinski definition) is 2. The molecule has 0 saturated carbocycles. The van der Waals surface area contributed by atoms with Crippen LogP contribution < -0.4 is 0 Å². The standard InChI is InChI=1S/C15H10BrFN2O2/c16-10-6-5-9(7-11(10)17)15-18-12-3-1-2-4-13(12)19(15)8-14(20)21/h1-7H,8H2,(H,20,21). The number of nitrogens with zero attached hydrogens (tertiary/aromatic N) is 2. The summed E-state index contributed by atoms with van der Waals surface area (Å²) in [6.45, 7) is -0.229. The largest absolute Gasteiger partial charge is 0.480 e. The van der Waals surface area contributed by atoms with Crippen LogP contribution in [0.3, 0.4) is 0 Å². The van der Waals surface area contributed by atoms with Gasteiger partial charge in [-0.1, -0.05) is 12.1 Å². The maximum absolute atomic E-state index is 13.7. The summed E-state index contributed by atoms with van der Waals surface area (Å²) in [5.41, 5.74) is 1.92. The molecule has 0 bridgehead atoms. The Bertz CT molecular complexity index is 845. The van der Waals surface area contributed by atoms with Crippen molar-refractivity contribution in [2.45, 2.75) is 6.54 Å². The van der Waals surface area contributed by atoms with Crippen LogP contribution in [0.1, 0.15) is 0 Å². The first-order chi connectivity index (χ1) is 10.1. The Morgan fingerprint density at radius 1 is 1.29 bits per heavy atom. The molecule has 4 nitrogen and oxygen atoms in total. The summed E-state index contributed by atoms with van der Waals surface area (Å²) in [5.74, 6) is -0.955. The summed E-state index contributed by atoms with van der Waals surface area (Å²) in [6, 6.07) is 11.8. The number of fused-ring (bicyclic) bond motifs is 1. The minimum atomic E-state index is -0.975. The molecule has 3 rings (SSSR count). The van der Waals surface area contributed by atoms with Crippen LogP contribution in [0.15, 0.2) is 46.9 Å². The molecular weight excluding hydrogens is 339 g/mol. The van der Waals surface area contributed by atoms with Crippen LogP contribution in [0.4, 0.5) is 4.39 Å². The van der Waals surface area contributed by atoms with Gasteiger partial charge in [-0.05, 0) is 46.3 Å². The van der Waals surface area contributed by atoms with Crippen LogP contribution in [0.5, 0.6) is 0 Å². The molecule has 0 fully saturated rings. The Labute approximate surface area is 128 Å². The van der Waals surface area contributed by atoms with Gasteiger partial charge in [0, 0.05) is 5.56 Å². The van der Waals surface area contributed by atoms with E-state index in [1.54, 1.807) is 28.8 Å². The molecular formula is C15H10BrFN2O2. The average molecular weight is 349 g/mol. The molecule has 0 atom stereocenters. The third kappa shape index (κ3) is 2.54. The first-order valence-electron chi connectivity index (χ1n) is 6.19. The maximum atomic E-state index is 13.7. The highest BCUT2D eigenvalue weighted by Gasteiger charge is 2.15. The predicted octanol–water partition coefficient (Wildman–Crippen LogP) is 3.69. The van der Waals surface area contributed by atoms with Crippen LogP contribution >= 0.6 is 15.9 Å². The first-order valence-corrected chi connectivity index (χ1v) is 6.98. The lowest BCUT2D eigenvalue weighted by molar-refractivity contribution is -0.137. The number of carboxylic acid groups (broad SMARTS) is 1. The molecule has 2 aromatic carbocycles. The van der Waals surface area contributed by atoms with Gasteiger partial charge in [0.25, 0.3) is 0 Å². The number of imidazole rings is 1. The monoisotopic (exact) mass is 348 g/mol. The van der Waals surface area contributed by atoms with Gasteiger partial charge >= 0.3 is 5.97 Å². The Morgan fingerprint density at radius 3 is 2.76 bits per heavy atom. The second-order valence-corrected chi connectivity index (χ2v) is 5.39. The van der Waals surface area contributed by atoms with Crippen LogP contribution in [-0.4, -0.2) is 20.6 Å². The normalized spacial score (nSPS) is 11.0. The van der Waals surface area contributed by atoms with Gasteiger partial charge in [0.1, 0.15) is 18.2 Å². The quantitative estimate of drug-likeness (QED) is 0.785. The van der Waals surface area contributed by atoms with Gasteiger partial charge in [0.15, 0.2) is 0 Å². The van der Waals surface area contributed by atoms with Gasteiger partial charge in [-0.15, -0.1) is 0 Å². The summed E-state index contributed by atoms with van der Waals surface area (Å²) < 4.78 is 15.6. The van der Waals surface area contributed by atoms with E-state index in [1.165, 1.54) is 6.07 Å². The van der Waals surface area contributed by atoms with E-state index in [-0.39, 0.29) is 6.54 Å². The lowest BCUT2D eigenvalue weighted by Gasteiger charge is -2.07. The van der Waals surface area contributed by atoms with Crippen molar-refractivity contribution in [1.29, 1.82) is 0 Å². The Hall–Kier alpha value is -2.21. The number of benzene rings is 2. The highest BCUT2D eigenvalue weighted by molar-refractivity contribution is 9.10. The van der Waals surface area contributed by atoms with Crippen LogP contribution in [0.25, 0.3) is 22.4 Å². The summed E-state index contributed by atoms with van der Waals surface area (Å²) in [6.07, 6.45) is 0. The molecule has 1 heterocycles. The molecule has 0 amide bonds. The predicted molar refractivity (Wildman–Crippen MR) is 80.5 cm³/mol. The number of aromatic nitrogens is 2. The van der Waals surface area contributed by atoms with E-state index in [1.807, 2.05) is 12.1 Å². The van der Waals surface area contributed by atoms with Crippen LogP contribution in [0, 0.1) is 5.82 Å². The van der Waals surface area contributed by atoms with Gasteiger partial charge in [0.05, 0.1) is 15.5 Å². The van der Waals surface area contributed by atoms with Crippen molar-refractivity contribution in [3.8, 4) is 11.4 Å². The first kappa shape index (κ1) is 13.8. The molecule has 0 radical (unpaired) electrons. The Morgan fingerprint density at radius 2 is 2.05 bits per heavy atom. The number of halogens is 2. The fourth-order valence-corrected chi connectivity index (χ4v) is 2.47. The molecule has 0 aliphatic rings. The maximum Gasteiger partial charge on any atom is 0.323 e. The molecule has 0 aliphatic carbocycles. The third-order valence-corrected chi connectivity index (χ3v) is 3.77. The van der Waals surface area contributed by atoms with Crippen molar-refractivity contribution < 1.29 is 14.3 Å². The second kappa shape index (κ2) is 5.29. The minimum Gasteiger partial charge on any atom is -0.480 e. The van der Waals surface area contributed by atoms with E-state index in [0.29, 0.717) is 26.9 Å². The zero-order chi connectivity index (χ0) is 15.0. The smallest absolute Gasteiger partial charge is 0.323 e. The summed E-state index contributed by atoms with van der Waals surface area (Å²) >= 11 is 3.10. The molecule has 1 aromatic heterocycles. The van der Waals surface area contributed by atoms with Gasteiger partial charge < -0.3 is 9.67 Å². The SMILES string of the molecule is O=C(O)Cn1c(-c2ccc(Br)c(F)c2)nc2ccccc21. The number of rotatable bonds is 3. The van der Waals surface area contributed by atoms with Crippen LogP contribution in [0.2, 0.25) is 0 Å². The number of hydrogen-bond donors (Lipinski definition) is 1. The van der Waals surface area contributed by atoms with E-state index in [4.69, 9.17) is 5.11 Å². The number of carboxylic acids is 1. The average Bonchev–Trinajstić information content (AvgIpc) is 2.80. The van der Waals surface area contributed by atoms with Gasteiger partial charge in [-0.2, -0.15) is 0 Å². The molecule has 21 heavy (non-hydrogen) atoms. The summed E-state index contributed by atoms with van der Waals surface area (Å²) in [4.78, 5) is 15.5. The molecule has 106 valence electrons. The molecule has 6 heteroatoms. The Balaban J connectivity index is 2.25. The molecule has 0 unspecified atom stereocenters. The molecule has 0 saturated heterocycles. The highest BCUT2D eigenvalue weighted by atomic mass is 79.9. The molecule has 0 spiro atoms. The number of carbonyl (C=O) groups is 1. The lowest BCUT2D eigenvalue weighted by Crippen LogP contribution is -2.10. The van der Waals surface area contributed by atoms with Crippen LogP contribution in [-0.2, 0) is 11.3 Å². The summed E-state index contributed by atoms with van der Waals surface area (Å²) in [5, 5.41) is 9.08. The Kier molecular flexibility index (Phi) is 3.47. The molecule has 0 aliphatic heterocycles. The van der Waals surface area contributed by atoms with Gasteiger partial charge in [-0.25, -0.2) is 9.37 Å². The van der Waals surface area contributed by atoms with Crippen molar-refractivity contribution in [2.24, 2.45) is 0 Å². The fourth-order valence-electron chi connectivity index (χ4n) is 2.23. The third-order valence-electron chi connectivity index (χ3n) is 3.13. The second-order valence-electron chi connectivity index (χ2n) is 4.53. The van der Waals surface area contributed by atoms with E-state index < -0.39 is 11.8 Å². The van der Waals surface area contributed by atoms with Crippen molar-refractivity contribution in [2.75, 3.05) is 0 Å². The van der Waals surface area contributed by atoms with E-state index in [0.717, 1.165) is 0 Å². The highest BCUT2D eigenvalue weighted by Crippen LogP contribution is 2.27. The van der Waals surface area contributed by atoms with Crippen molar-refractivity contribution in [3.63, 3.8) is 0 Å². The topological polar surface area (TPSA) is 55.1 Å². The minimum absolute atomic E-state index is 0.229. The van der Waals surface area contributed by atoms with Crippen molar-refractivity contribution >= 4 is 32.9 Å². The van der Waals surface area contributed by atoms with Gasteiger partial charge in [-0.3, -0.25) is 4.79 Å². The fraction of sp³-hybridized carbons (Fsp3) is 0.0667. The molecule has 1 N–H and O–H groups in total. The zero-order valence-electron chi connectivity index (χ0n) is 10.8. The molecule has 3 aromatic rings. The summed E-state index contributed by atoms with van der Waals surface area (Å²) in [7, 11) is 0. The van der Waals surface area contributed by atoms with E-state index in [9.17, 15) is 9.18 Å². The van der Waals surface area contributed by atoms with Crippen molar-refractivity contribution in [3.05, 3.63) is 52.8 Å². The van der Waals surface area contributed by atoms with E-state index >= 15 is 0 Å². The van der Waals surface area contributed by atoms with Crippen molar-refractivity contribution in [1.82, 2.24) is 9.55 Å². The lowest BCUT2D eigenvalue weighted by atomic mass is 10.2. The number of para-hydroxylation sites is 2. The zero-order valence-corrected chi connectivity index (χ0v) is 12.3. The van der Waals surface area contributed by atoms with Gasteiger partial charge in [0.2, 0.25) is 0 Å². The van der Waals surface area contributed by atoms with E-state index in [2.05, 4.69) is 20.9 Å².